The van der Waals surface area contributed by atoms with Crippen molar-refractivity contribution in [3.05, 3.63) is 66.7 Å². The number of nitrogens with zero attached hydrogens (tertiary/aromatic N) is 2. The first-order valence-corrected chi connectivity index (χ1v) is 8.31. The molecule has 6 nitrogen and oxygen atoms in total. The van der Waals surface area contributed by atoms with Gasteiger partial charge < -0.3 is 19.4 Å². The number of carbonyl (C=O) groups excluding carboxylic acids is 1. The minimum absolute atomic E-state index is 0.0255. The number of rotatable bonds is 6. The third-order valence-electron chi connectivity index (χ3n) is 3.72. The van der Waals surface area contributed by atoms with Gasteiger partial charge in [-0.15, -0.1) is 0 Å². The van der Waals surface area contributed by atoms with Crippen LogP contribution in [0, 0.1) is 0 Å². The zero-order valence-electron chi connectivity index (χ0n) is 15.0. The molecule has 0 saturated heterocycles. The number of aromatic nitrogens is 2. The first-order chi connectivity index (χ1) is 12.6. The molecule has 0 aliphatic rings. The molecule has 26 heavy (non-hydrogen) atoms. The lowest BCUT2D eigenvalue weighted by Crippen LogP contribution is -2.13. The summed E-state index contributed by atoms with van der Waals surface area (Å²) in [6.07, 6.45) is 5.33. The molecule has 2 aromatic carbocycles. The molecule has 0 aliphatic carbocycles. The number of imidazole rings is 1. The molecule has 1 heterocycles. The third-order valence-corrected chi connectivity index (χ3v) is 3.72. The number of anilines is 1. The van der Waals surface area contributed by atoms with Gasteiger partial charge in [0.1, 0.15) is 0 Å². The van der Waals surface area contributed by atoms with E-state index in [9.17, 15) is 4.79 Å². The van der Waals surface area contributed by atoms with Crippen molar-refractivity contribution in [1.82, 2.24) is 9.55 Å². The highest BCUT2D eigenvalue weighted by atomic mass is 16.5. The Bertz CT molecular complexity index is 872. The monoisotopic (exact) mass is 351 g/mol. The van der Waals surface area contributed by atoms with Crippen molar-refractivity contribution in [3.63, 3.8) is 0 Å². The van der Waals surface area contributed by atoms with Gasteiger partial charge in [-0.1, -0.05) is 0 Å². The van der Waals surface area contributed by atoms with Crippen molar-refractivity contribution in [2.45, 2.75) is 20.0 Å². The Morgan fingerprint density at radius 2 is 1.88 bits per heavy atom. The molecule has 0 atom stereocenters. The van der Waals surface area contributed by atoms with Gasteiger partial charge in [0.15, 0.2) is 11.5 Å². The molecule has 6 heteroatoms. The topological polar surface area (TPSA) is 65.4 Å². The van der Waals surface area contributed by atoms with E-state index in [1.54, 1.807) is 37.8 Å². The van der Waals surface area contributed by atoms with E-state index in [1.165, 1.54) is 0 Å². The van der Waals surface area contributed by atoms with Gasteiger partial charge in [0, 0.05) is 29.3 Å². The number of carbonyl (C=O) groups is 1. The second-order valence-corrected chi connectivity index (χ2v) is 6.00. The molecule has 0 saturated carbocycles. The Morgan fingerprint density at radius 1 is 1.12 bits per heavy atom. The maximum absolute atomic E-state index is 12.5. The summed E-state index contributed by atoms with van der Waals surface area (Å²) in [6, 6.07) is 12.7. The number of methoxy groups -OCH3 is 1. The molecule has 0 aliphatic heterocycles. The first-order valence-electron chi connectivity index (χ1n) is 8.31. The van der Waals surface area contributed by atoms with Gasteiger partial charge in [-0.05, 0) is 56.3 Å². The molecule has 0 unspecified atom stereocenters. The predicted octanol–water partition coefficient (Wildman–Crippen LogP) is 3.92. The van der Waals surface area contributed by atoms with Crippen molar-refractivity contribution in [2.75, 3.05) is 12.4 Å². The van der Waals surface area contributed by atoms with Crippen LogP contribution in [0.15, 0.2) is 61.2 Å². The molecule has 134 valence electrons. The molecule has 1 aromatic heterocycles. The summed E-state index contributed by atoms with van der Waals surface area (Å²) in [6.45, 7) is 3.88. The van der Waals surface area contributed by atoms with Gasteiger partial charge in [0.05, 0.1) is 19.5 Å². The van der Waals surface area contributed by atoms with E-state index in [0.29, 0.717) is 22.7 Å². The average molecular weight is 351 g/mol. The molecule has 0 spiro atoms. The van der Waals surface area contributed by atoms with Crippen LogP contribution < -0.4 is 14.8 Å². The van der Waals surface area contributed by atoms with Crippen LogP contribution in [-0.2, 0) is 0 Å². The third kappa shape index (κ3) is 4.03. The van der Waals surface area contributed by atoms with E-state index < -0.39 is 0 Å². The highest BCUT2D eigenvalue weighted by Crippen LogP contribution is 2.29. The van der Waals surface area contributed by atoms with Gasteiger partial charge in [0.2, 0.25) is 0 Å². The van der Waals surface area contributed by atoms with Crippen LogP contribution in [0.3, 0.4) is 0 Å². The van der Waals surface area contributed by atoms with Crippen LogP contribution >= 0.6 is 0 Å². The zero-order valence-corrected chi connectivity index (χ0v) is 15.0. The fraction of sp³-hybridized carbons (Fsp3) is 0.200. The van der Waals surface area contributed by atoms with Crippen LogP contribution in [0.25, 0.3) is 5.69 Å². The smallest absolute Gasteiger partial charge is 0.255 e. The predicted molar refractivity (Wildman–Crippen MR) is 100 cm³/mol. The number of nitrogens with one attached hydrogen (secondary N) is 1. The maximum atomic E-state index is 12.5. The molecule has 1 N–H and O–H groups in total. The summed E-state index contributed by atoms with van der Waals surface area (Å²) in [5.41, 5.74) is 2.18. The summed E-state index contributed by atoms with van der Waals surface area (Å²) < 4.78 is 12.9. The van der Waals surface area contributed by atoms with Crippen LogP contribution in [0.4, 0.5) is 5.69 Å². The van der Waals surface area contributed by atoms with Crippen LogP contribution in [0.2, 0.25) is 0 Å². The number of hydrogen-bond acceptors (Lipinski definition) is 4. The highest BCUT2D eigenvalue weighted by molar-refractivity contribution is 6.04. The summed E-state index contributed by atoms with van der Waals surface area (Å²) in [5, 5.41) is 2.88. The highest BCUT2D eigenvalue weighted by Gasteiger charge is 2.12. The van der Waals surface area contributed by atoms with Crippen LogP contribution in [0.5, 0.6) is 11.5 Å². The van der Waals surface area contributed by atoms with Crippen molar-refractivity contribution < 1.29 is 14.3 Å². The lowest BCUT2D eigenvalue weighted by Gasteiger charge is -2.14. The van der Waals surface area contributed by atoms with E-state index in [4.69, 9.17) is 9.47 Å². The number of amides is 1. The Morgan fingerprint density at radius 3 is 2.50 bits per heavy atom. The SMILES string of the molecule is COc1cc(C(=O)Nc2ccc(-n3ccnc3)cc2)ccc1OC(C)C. The quantitative estimate of drug-likeness (QED) is 0.731. The largest absolute Gasteiger partial charge is 0.493 e. The average Bonchev–Trinajstić information content (AvgIpc) is 3.17. The number of ether oxygens (including phenoxy) is 2. The Balaban J connectivity index is 1.73. The lowest BCUT2D eigenvalue weighted by molar-refractivity contribution is 0.102. The van der Waals surface area contributed by atoms with Gasteiger partial charge in [-0.3, -0.25) is 4.79 Å². The zero-order chi connectivity index (χ0) is 18.5. The van der Waals surface area contributed by atoms with Crippen molar-refractivity contribution >= 4 is 11.6 Å². The Kier molecular flexibility index (Phi) is 5.22. The minimum atomic E-state index is -0.213. The Hall–Kier alpha value is -3.28. The standard InChI is InChI=1S/C20H21N3O3/c1-14(2)26-18-9-4-15(12-19(18)25-3)20(24)22-16-5-7-17(8-6-16)23-11-10-21-13-23/h4-14H,1-3H3,(H,22,24). The van der Waals surface area contributed by atoms with E-state index in [0.717, 1.165) is 5.69 Å². The van der Waals surface area contributed by atoms with Gasteiger partial charge >= 0.3 is 0 Å². The second kappa shape index (κ2) is 7.74. The molecule has 3 rings (SSSR count). The molecule has 0 radical (unpaired) electrons. The van der Waals surface area contributed by atoms with E-state index >= 15 is 0 Å². The number of hydrogen-bond donors (Lipinski definition) is 1. The Labute approximate surface area is 152 Å². The van der Waals surface area contributed by atoms with E-state index in [2.05, 4.69) is 10.3 Å². The number of benzene rings is 2. The fourth-order valence-corrected chi connectivity index (χ4v) is 2.49. The first kappa shape index (κ1) is 17.5. The van der Waals surface area contributed by atoms with E-state index in [-0.39, 0.29) is 12.0 Å². The molecule has 0 bridgehead atoms. The van der Waals surface area contributed by atoms with Crippen molar-refractivity contribution in [1.29, 1.82) is 0 Å². The summed E-state index contributed by atoms with van der Waals surface area (Å²) in [4.78, 5) is 16.5. The normalized spacial score (nSPS) is 10.6. The van der Waals surface area contributed by atoms with Crippen molar-refractivity contribution in [3.8, 4) is 17.2 Å². The molecule has 3 aromatic rings. The summed E-state index contributed by atoms with van der Waals surface area (Å²) in [5.74, 6) is 0.931. The molecule has 1 amide bonds. The minimum Gasteiger partial charge on any atom is -0.493 e. The van der Waals surface area contributed by atoms with Gasteiger partial charge in [-0.2, -0.15) is 0 Å². The fourth-order valence-electron chi connectivity index (χ4n) is 2.49. The second-order valence-electron chi connectivity index (χ2n) is 6.00. The molecular weight excluding hydrogens is 330 g/mol. The van der Waals surface area contributed by atoms with E-state index in [1.807, 2.05) is 48.9 Å². The lowest BCUT2D eigenvalue weighted by atomic mass is 10.1. The summed E-state index contributed by atoms with van der Waals surface area (Å²) in [7, 11) is 1.55. The van der Waals surface area contributed by atoms with Gasteiger partial charge in [-0.25, -0.2) is 4.98 Å². The van der Waals surface area contributed by atoms with Gasteiger partial charge in [0.25, 0.3) is 5.91 Å². The van der Waals surface area contributed by atoms with Crippen molar-refractivity contribution in [2.24, 2.45) is 0 Å². The molecular formula is C20H21N3O3. The maximum Gasteiger partial charge on any atom is 0.255 e. The molecule has 0 fully saturated rings. The summed E-state index contributed by atoms with van der Waals surface area (Å²) >= 11 is 0. The van der Waals surface area contributed by atoms with Crippen LogP contribution in [0.1, 0.15) is 24.2 Å². The van der Waals surface area contributed by atoms with Crippen LogP contribution in [-0.4, -0.2) is 28.7 Å².